The molecule has 0 saturated carbocycles. The molecule has 4 nitrogen and oxygen atoms in total. The first-order valence-electron chi connectivity index (χ1n) is 4.54. The monoisotopic (exact) mass is 270 g/mol. The second-order valence-electron chi connectivity index (χ2n) is 3.37. The summed E-state index contributed by atoms with van der Waals surface area (Å²) in [5.74, 6) is 0.691. The summed E-state index contributed by atoms with van der Waals surface area (Å²) in [6, 6.07) is -0.0169. The van der Waals surface area contributed by atoms with Gasteiger partial charge in [-0.05, 0) is 25.4 Å². The van der Waals surface area contributed by atoms with Gasteiger partial charge in [-0.1, -0.05) is 12.2 Å². The topological polar surface area (TPSA) is 63.4 Å². The van der Waals surface area contributed by atoms with Gasteiger partial charge in [0.2, 0.25) is 10.0 Å². The van der Waals surface area contributed by atoms with Crippen LogP contribution in [0, 0.1) is 0 Å². The summed E-state index contributed by atoms with van der Waals surface area (Å²) in [5.41, 5.74) is 5.24. The SMILES string of the molecule is CSCCC(C)N(C)S(=O)(=O)CC(N)=S. The third-order valence-corrected chi connectivity index (χ3v) is 5.01. The van der Waals surface area contributed by atoms with Crippen LogP contribution in [0.4, 0.5) is 0 Å². The van der Waals surface area contributed by atoms with Crippen molar-refractivity contribution in [2.75, 3.05) is 24.8 Å². The van der Waals surface area contributed by atoms with Crippen LogP contribution < -0.4 is 5.73 Å². The van der Waals surface area contributed by atoms with E-state index < -0.39 is 10.0 Å². The predicted octanol–water partition coefficient (Wildman–Crippen LogP) is 0.676. The van der Waals surface area contributed by atoms with E-state index in [0.29, 0.717) is 0 Å². The quantitative estimate of drug-likeness (QED) is 0.689. The third kappa shape index (κ3) is 5.70. The van der Waals surface area contributed by atoms with E-state index in [4.69, 9.17) is 5.73 Å². The number of hydrogen-bond acceptors (Lipinski definition) is 4. The number of nitrogens with two attached hydrogens (primary N) is 1. The zero-order chi connectivity index (χ0) is 12.1. The Morgan fingerprint density at radius 1 is 1.60 bits per heavy atom. The second-order valence-corrected chi connectivity index (χ2v) is 6.91. The second kappa shape index (κ2) is 6.67. The van der Waals surface area contributed by atoms with Crippen LogP contribution in [0.25, 0.3) is 0 Å². The van der Waals surface area contributed by atoms with E-state index in [1.54, 1.807) is 18.8 Å². The molecular weight excluding hydrogens is 252 g/mol. The number of nitrogens with zero attached hydrogens (tertiary/aromatic N) is 1. The Morgan fingerprint density at radius 3 is 2.53 bits per heavy atom. The maximum absolute atomic E-state index is 11.7. The van der Waals surface area contributed by atoms with Crippen molar-refractivity contribution in [3.05, 3.63) is 0 Å². The molecule has 0 aliphatic carbocycles. The first kappa shape index (κ1) is 15.2. The third-order valence-electron chi connectivity index (χ3n) is 2.12. The van der Waals surface area contributed by atoms with Gasteiger partial charge in [-0.3, -0.25) is 0 Å². The summed E-state index contributed by atoms with van der Waals surface area (Å²) in [5, 5.41) is 0. The lowest BCUT2D eigenvalue weighted by Gasteiger charge is -2.23. The molecule has 0 fully saturated rings. The first-order valence-corrected chi connectivity index (χ1v) is 7.95. The molecule has 0 spiro atoms. The van der Waals surface area contributed by atoms with Crippen LogP contribution in [-0.4, -0.2) is 48.6 Å². The summed E-state index contributed by atoms with van der Waals surface area (Å²) in [4.78, 5) is 0.0129. The van der Waals surface area contributed by atoms with Crippen LogP contribution in [0.5, 0.6) is 0 Å². The van der Waals surface area contributed by atoms with E-state index in [-0.39, 0.29) is 16.8 Å². The Kier molecular flexibility index (Phi) is 6.74. The molecule has 15 heavy (non-hydrogen) atoms. The van der Waals surface area contributed by atoms with Crippen LogP contribution in [0.1, 0.15) is 13.3 Å². The Balaban J connectivity index is 4.41. The molecule has 0 bridgehead atoms. The molecule has 0 aliphatic heterocycles. The molecule has 0 aliphatic rings. The largest absolute Gasteiger partial charge is 0.392 e. The van der Waals surface area contributed by atoms with Crippen molar-refractivity contribution in [3.63, 3.8) is 0 Å². The zero-order valence-electron chi connectivity index (χ0n) is 9.26. The number of thioether (sulfide) groups is 1. The Bertz CT molecular complexity index is 303. The van der Waals surface area contributed by atoms with Crippen molar-refractivity contribution in [1.29, 1.82) is 0 Å². The van der Waals surface area contributed by atoms with Gasteiger partial charge < -0.3 is 5.73 Å². The standard InChI is InChI=1S/C8H18N2O2S3/c1-7(4-5-14-3)10(2)15(11,12)6-8(9)13/h7H,4-6H2,1-3H3,(H2,9,13). The molecule has 0 aromatic heterocycles. The fourth-order valence-electron chi connectivity index (χ4n) is 1.03. The number of rotatable bonds is 7. The molecule has 2 N–H and O–H groups in total. The van der Waals surface area contributed by atoms with Gasteiger partial charge in [-0.15, -0.1) is 0 Å². The number of thiocarbonyl (C=S) groups is 1. The van der Waals surface area contributed by atoms with Crippen LogP contribution in [0.2, 0.25) is 0 Å². The lowest BCUT2D eigenvalue weighted by Crippen LogP contribution is -2.39. The van der Waals surface area contributed by atoms with Crippen molar-refractivity contribution in [3.8, 4) is 0 Å². The highest BCUT2D eigenvalue weighted by molar-refractivity contribution is 7.98. The molecule has 7 heteroatoms. The highest BCUT2D eigenvalue weighted by atomic mass is 32.2. The fourth-order valence-corrected chi connectivity index (χ4v) is 3.27. The van der Waals surface area contributed by atoms with E-state index in [1.807, 2.05) is 13.2 Å². The van der Waals surface area contributed by atoms with Crippen molar-refractivity contribution in [2.45, 2.75) is 19.4 Å². The van der Waals surface area contributed by atoms with Crippen molar-refractivity contribution in [1.82, 2.24) is 4.31 Å². The molecule has 0 rings (SSSR count). The molecule has 0 aromatic carbocycles. The van der Waals surface area contributed by atoms with Gasteiger partial charge in [-0.2, -0.15) is 11.8 Å². The van der Waals surface area contributed by atoms with Gasteiger partial charge in [0.05, 0.1) is 4.99 Å². The highest BCUT2D eigenvalue weighted by Gasteiger charge is 2.23. The van der Waals surface area contributed by atoms with E-state index in [2.05, 4.69) is 12.2 Å². The zero-order valence-corrected chi connectivity index (χ0v) is 11.7. The van der Waals surface area contributed by atoms with Gasteiger partial charge in [0.15, 0.2) is 0 Å². The highest BCUT2D eigenvalue weighted by Crippen LogP contribution is 2.10. The fraction of sp³-hybridized carbons (Fsp3) is 0.875. The molecule has 1 atom stereocenters. The molecule has 0 radical (unpaired) electrons. The summed E-state index contributed by atoms with van der Waals surface area (Å²) >= 11 is 6.30. The van der Waals surface area contributed by atoms with E-state index in [0.717, 1.165) is 12.2 Å². The summed E-state index contributed by atoms with van der Waals surface area (Å²) in [6.45, 7) is 1.88. The first-order chi connectivity index (χ1) is 6.81. The maximum Gasteiger partial charge on any atom is 0.220 e. The molecule has 90 valence electrons. The lowest BCUT2D eigenvalue weighted by molar-refractivity contribution is 0.384. The molecule has 0 amide bonds. The van der Waals surface area contributed by atoms with Crippen molar-refractivity contribution < 1.29 is 8.42 Å². The molecule has 0 heterocycles. The molecule has 1 unspecified atom stereocenters. The van der Waals surface area contributed by atoms with Crippen molar-refractivity contribution in [2.24, 2.45) is 5.73 Å². The maximum atomic E-state index is 11.7. The Labute approximate surface area is 102 Å². The summed E-state index contributed by atoms with van der Waals surface area (Å²) in [7, 11) is -1.76. The summed E-state index contributed by atoms with van der Waals surface area (Å²) in [6.07, 6.45) is 2.82. The predicted molar refractivity (Wildman–Crippen MR) is 70.8 cm³/mol. The van der Waals surface area contributed by atoms with Crippen LogP contribution in [-0.2, 0) is 10.0 Å². The Hall–Kier alpha value is 0.150. The van der Waals surface area contributed by atoms with Gasteiger partial charge in [-0.25, -0.2) is 12.7 Å². The van der Waals surface area contributed by atoms with Gasteiger partial charge in [0, 0.05) is 13.1 Å². The van der Waals surface area contributed by atoms with Gasteiger partial charge in [0.1, 0.15) is 5.75 Å². The average molecular weight is 270 g/mol. The van der Waals surface area contributed by atoms with Crippen LogP contribution >= 0.6 is 24.0 Å². The van der Waals surface area contributed by atoms with Crippen LogP contribution in [0.15, 0.2) is 0 Å². The minimum atomic E-state index is -3.33. The Morgan fingerprint density at radius 2 is 2.13 bits per heavy atom. The van der Waals surface area contributed by atoms with E-state index in [1.165, 1.54) is 4.31 Å². The van der Waals surface area contributed by atoms with Gasteiger partial charge in [0.25, 0.3) is 0 Å². The van der Waals surface area contributed by atoms with E-state index >= 15 is 0 Å². The number of hydrogen-bond donors (Lipinski definition) is 1. The van der Waals surface area contributed by atoms with Crippen molar-refractivity contribution >= 4 is 39.0 Å². The van der Waals surface area contributed by atoms with Crippen LogP contribution in [0.3, 0.4) is 0 Å². The average Bonchev–Trinajstić information content (AvgIpc) is 2.10. The molecule has 0 saturated heterocycles. The number of sulfonamides is 1. The normalized spacial score (nSPS) is 14.1. The van der Waals surface area contributed by atoms with Gasteiger partial charge >= 0.3 is 0 Å². The minimum absolute atomic E-state index is 0.0129. The molecule has 0 aromatic rings. The van der Waals surface area contributed by atoms with E-state index in [9.17, 15) is 8.42 Å². The lowest BCUT2D eigenvalue weighted by atomic mass is 10.3. The minimum Gasteiger partial charge on any atom is -0.392 e. The molecular formula is C8H18N2O2S3. The smallest absolute Gasteiger partial charge is 0.220 e. The summed E-state index contributed by atoms with van der Waals surface area (Å²) < 4.78 is 24.7.